The van der Waals surface area contributed by atoms with Crippen LogP contribution in [0.4, 0.5) is 5.82 Å². The molecular weight excluding hydrogens is 450 g/mol. The monoisotopic (exact) mass is 477 g/mol. The zero-order valence-corrected chi connectivity index (χ0v) is 20.1. The topological polar surface area (TPSA) is 148 Å². The van der Waals surface area contributed by atoms with Crippen molar-refractivity contribution < 1.29 is 14.1 Å². The van der Waals surface area contributed by atoms with Crippen molar-refractivity contribution in [2.75, 3.05) is 31.2 Å². The number of imidazole rings is 1. The number of hydrogen-bond acceptors (Lipinski definition) is 10. The van der Waals surface area contributed by atoms with Crippen LogP contribution in [0.1, 0.15) is 55.8 Å². The molecule has 4 aromatic rings. The SMILES string of the molecule is C[C@@H](NC(=O)c1cc(N2CCOCC2)ncn1)c1cc(-c2nc3cnc(C(C)(C)C)nc3[nH]2)no1. The highest BCUT2D eigenvalue weighted by Gasteiger charge is 2.22. The zero-order chi connectivity index (χ0) is 24.6. The number of nitrogens with one attached hydrogen (secondary N) is 2. The highest BCUT2D eigenvalue weighted by Crippen LogP contribution is 2.24. The number of anilines is 1. The third kappa shape index (κ3) is 4.83. The minimum Gasteiger partial charge on any atom is -0.378 e. The first-order chi connectivity index (χ1) is 16.8. The maximum Gasteiger partial charge on any atom is 0.270 e. The van der Waals surface area contributed by atoms with Gasteiger partial charge in [0.25, 0.3) is 5.91 Å². The summed E-state index contributed by atoms with van der Waals surface area (Å²) in [6.45, 7) is 10.7. The van der Waals surface area contributed by atoms with Crippen molar-refractivity contribution in [2.45, 2.75) is 39.2 Å². The standard InChI is InChI=1S/C23H27N9O3/c1-13(27-21(33)15-10-18(26-12-25-15)32-5-7-34-8-6-32)17-9-14(31-35-17)19-28-16-11-24-22(23(2,3)4)30-20(16)29-19/h9-13H,5-8H2,1-4H3,(H,27,33)(H,24,28,29,30)/t13-/m1/s1. The molecule has 182 valence electrons. The number of nitrogens with zero attached hydrogens (tertiary/aromatic N) is 7. The Bertz CT molecular complexity index is 1350. The summed E-state index contributed by atoms with van der Waals surface area (Å²) in [7, 11) is 0. The van der Waals surface area contributed by atoms with E-state index in [1.165, 1.54) is 6.33 Å². The van der Waals surface area contributed by atoms with Crippen LogP contribution in [0, 0.1) is 0 Å². The molecule has 0 bridgehead atoms. The van der Waals surface area contributed by atoms with Gasteiger partial charge in [0.05, 0.1) is 25.5 Å². The van der Waals surface area contributed by atoms with Crippen molar-refractivity contribution in [1.82, 2.24) is 40.4 Å². The van der Waals surface area contributed by atoms with Gasteiger partial charge < -0.3 is 24.5 Å². The molecule has 1 atom stereocenters. The predicted molar refractivity (Wildman–Crippen MR) is 127 cm³/mol. The largest absolute Gasteiger partial charge is 0.378 e. The molecule has 1 aliphatic heterocycles. The molecule has 12 heteroatoms. The summed E-state index contributed by atoms with van der Waals surface area (Å²) in [5, 5.41) is 7.02. The third-order valence-electron chi connectivity index (χ3n) is 5.68. The van der Waals surface area contributed by atoms with E-state index in [0.717, 1.165) is 18.9 Å². The molecule has 35 heavy (non-hydrogen) atoms. The Morgan fingerprint density at radius 3 is 2.71 bits per heavy atom. The van der Waals surface area contributed by atoms with E-state index < -0.39 is 6.04 Å². The quantitative estimate of drug-likeness (QED) is 0.439. The summed E-state index contributed by atoms with van der Waals surface area (Å²) in [6.07, 6.45) is 3.09. The average Bonchev–Trinajstić information content (AvgIpc) is 3.51. The van der Waals surface area contributed by atoms with Crippen molar-refractivity contribution in [3.63, 3.8) is 0 Å². The molecule has 1 aliphatic rings. The summed E-state index contributed by atoms with van der Waals surface area (Å²) in [6, 6.07) is 2.97. The van der Waals surface area contributed by atoms with Gasteiger partial charge in [0.2, 0.25) is 0 Å². The second kappa shape index (κ2) is 9.02. The second-order valence-corrected chi connectivity index (χ2v) is 9.43. The fourth-order valence-electron chi connectivity index (χ4n) is 3.68. The molecule has 1 saturated heterocycles. The Balaban J connectivity index is 1.29. The van der Waals surface area contributed by atoms with Gasteiger partial charge >= 0.3 is 0 Å². The number of hydrogen-bond donors (Lipinski definition) is 2. The van der Waals surface area contributed by atoms with Gasteiger partial charge in [-0.1, -0.05) is 25.9 Å². The van der Waals surface area contributed by atoms with Crippen molar-refractivity contribution in [3.05, 3.63) is 41.9 Å². The number of amides is 1. The van der Waals surface area contributed by atoms with Crippen LogP contribution in [-0.4, -0.2) is 67.3 Å². The minimum absolute atomic E-state index is 0.180. The van der Waals surface area contributed by atoms with Gasteiger partial charge in [-0.15, -0.1) is 0 Å². The first-order valence-electron chi connectivity index (χ1n) is 11.4. The summed E-state index contributed by atoms with van der Waals surface area (Å²) < 4.78 is 10.9. The van der Waals surface area contributed by atoms with Gasteiger partial charge in [-0.25, -0.2) is 24.9 Å². The van der Waals surface area contributed by atoms with E-state index in [0.29, 0.717) is 47.5 Å². The first kappa shape index (κ1) is 22.8. The summed E-state index contributed by atoms with van der Waals surface area (Å²) in [5.74, 6) is 2.09. The predicted octanol–water partition coefficient (Wildman–Crippen LogP) is 2.42. The van der Waals surface area contributed by atoms with Crippen molar-refractivity contribution >= 4 is 22.9 Å². The summed E-state index contributed by atoms with van der Waals surface area (Å²) in [5.41, 5.74) is 1.87. The molecule has 2 N–H and O–H groups in total. The lowest BCUT2D eigenvalue weighted by Gasteiger charge is -2.27. The van der Waals surface area contributed by atoms with Gasteiger partial charge in [-0.2, -0.15) is 0 Å². The maximum absolute atomic E-state index is 12.8. The molecule has 0 aliphatic carbocycles. The molecular formula is C23H27N9O3. The van der Waals surface area contributed by atoms with Gasteiger partial charge in [0.15, 0.2) is 17.2 Å². The lowest BCUT2D eigenvalue weighted by Crippen LogP contribution is -2.37. The van der Waals surface area contributed by atoms with Crippen molar-refractivity contribution in [3.8, 4) is 11.5 Å². The van der Waals surface area contributed by atoms with Gasteiger partial charge in [-0.3, -0.25) is 4.79 Å². The Kier molecular flexibility index (Phi) is 5.89. The van der Waals surface area contributed by atoms with Crippen molar-refractivity contribution in [2.24, 2.45) is 0 Å². The summed E-state index contributed by atoms with van der Waals surface area (Å²) in [4.78, 5) is 40.0. The van der Waals surface area contributed by atoms with Crippen LogP contribution < -0.4 is 10.2 Å². The first-order valence-corrected chi connectivity index (χ1v) is 11.4. The molecule has 0 saturated carbocycles. The fourth-order valence-corrected chi connectivity index (χ4v) is 3.68. The molecule has 1 amide bonds. The second-order valence-electron chi connectivity index (χ2n) is 9.43. The highest BCUT2D eigenvalue weighted by molar-refractivity contribution is 5.93. The fraction of sp³-hybridized carbons (Fsp3) is 0.435. The van der Waals surface area contributed by atoms with Crippen LogP contribution in [0.5, 0.6) is 0 Å². The minimum atomic E-state index is -0.442. The average molecular weight is 478 g/mol. The highest BCUT2D eigenvalue weighted by atomic mass is 16.5. The zero-order valence-electron chi connectivity index (χ0n) is 20.1. The van der Waals surface area contributed by atoms with Crippen molar-refractivity contribution in [1.29, 1.82) is 0 Å². The number of aromatic nitrogens is 7. The Hall–Kier alpha value is -3.93. The van der Waals surface area contributed by atoms with E-state index in [9.17, 15) is 4.79 Å². The molecule has 0 unspecified atom stereocenters. The van der Waals surface area contributed by atoms with Gasteiger partial charge in [-0.05, 0) is 6.92 Å². The van der Waals surface area contributed by atoms with E-state index in [-0.39, 0.29) is 17.0 Å². The maximum atomic E-state index is 12.8. The number of carbonyl (C=O) groups is 1. The smallest absolute Gasteiger partial charge is 0.270 e. The van der Waals surface area contributed by atoms with Crippen LogP contribution in [-0.2, 0) is 10.2 Å². The van der Waals surface area contributed by atoms with Crippen LogP contribution in [0.2, 0.25) is 0 Å². The van der Waals surface area contributed by atoms with E-state index in [2.05, 4.69) is 66.0 Å². The lowest BCUT2D eigenvalue weighted by atomic mass is 9.96. The molecule has 5 heterocycles. The molecule has 0 radical (unpaired) electrons. The number of carbonyl (C=O) groups excluding carboxylic acids is 1. The Morgan fingerprint density at radius 1 is 1.14 bits per heavy atom. The lowest BCUT2D eigenvalue weighted by molar-refractivity contribution is 0.0928. The molecule has 5 rings (SSSR count). The molecule has 0 aromatic carbocycles. The van der Waals surface area contributed by atoms with Crippen LogP contribution in [0.3, 0.4) is 0 Å². The molecule has 0 spiro atoms. The van der Waals surface area contributed by atoms with E-state index in [4.69, 9.17) is 9.26 Å². The number of morpholine rings is 1. The normalized spacial score (nSPS) is 15.4. The summed E-state index contributed by atoms with van der Waals surface area (Å²) >= 11 is 0. The number of aromatic amines is 1. The van der Waals surface area contributed by atoms with Crippen LogP contribution >= 0.6 is 0 Å². The van der Waals surface area contributed by atoms with Gasteiger partial charge in [0, 0.05) is 30.6 Å². The van der Waals surface area contributed by atoms with Crippen LogP contribution in [0.25, 0.3) is 22.7 Å². The van der Waals surface area contributed by atoms with Crippen LogP contribution in [0.15, 0.2) is 29.2 Å². The molecule has 1 fully saturated rings. The Labute approximate surface area is 201 Å². The molecule has 12 nitrogen and oxygen atoms in total. The van der Waals surface area contributed by atoms with Gasteiger partial charge in [0.1, 0.15) is 34.9 Å². The third-order valence-corrected chi connectivity index (χ3v) is 5.68. The van der Waals surface area contributed by atoms with E-state index in [1.54, 1.807) is 18.3 Å². The number of H-pyrrole nitrogens is 1. The number of rotatable bonds is 5. The number of fused-ring (bicyclic) bond motifs is 1. The van der Waals surface area contributed by atoms with E-state index >= 15 is 0 Å². The van der Waals surface area contributed by atoms with E-state index in [1.807, 2.05) is 6.92 Å². The molecule has 4 aromatic heterocycles. The Morgan fingerprint density at radius 2 is 1.94 bits per heavy atom. The number of ether oxygens (including phenoxy) is 1.